The molecule has 2 aromatic rings. The standard InChI is InChI=1S/C14H15BrN2O2S/c1-16-10-11-5-2-3-8-14(11)20(18,19)17-13-7-4-6-12(15)9-13/h2-9,16-17H,10H2,1H3. The third kappa shape index (κ3) is 3.59. The van der Waals surface area contributed by atoms with Crippen LogP contribution in [-0.4, -0.2) is 15.5 Å². The zero-order valence-corrected chi connectivity index (χ0v) is 13.3. The molecule has 0 radical (unpaired) electrons. The zero-order valence-electron chi connectivity index (χ0n) is 10.9. The van der Waals surface area contributed by atoms with E-state index in [0.717, 1.165) is 10.0 Å². The molecule has 0 amide bonds. The molecule has 0 unspecified atom stereocenters. The third-order valence-corrected chi connectivity index (χ3v) is 4.68. The number of hydrogen-bond acceptors (Lipinski definition) is 3. The quantitative estimate of drug-likeness (QED) is 0.867. The van der Waals surface area contributed by atoms with Crippen LogP contribution in [0.4, 0.5) is 5.69 Å². The Balaban J connectivity index is 2.36. The molecule has 0 aliphatic rings. The summed E-state index contributed by atoms with van der Waals surface area (Å²) >= 11 is 3.32. The lowest BCUT2D eigenvalue weighted by atomic mass is 10.2. The molecule has 2 rings (SSSR count). The first-order valence-corrected chi connectivity index (χ1v) is 8.31. The lowest BCUT2D eigenvalue weighted by Crippen LogP contribution is -2.17. The van der Waals surface area contributed by atoms with Crippen LogP contribution in [0.25, 0.3) is 0 Å². The molecule has 0 heterocycles. The van der Waals surface area contributed by atoms with Crippen molar-refractivity contribution >= 4 is 31.6 Å². The number of anilines is 1. The highest BCUT2D eigenvalue weighted by atomic mass is 79.9. The van der Waals surface area contributed by atoms with E-state index in [4.69, 9.17) is 0 Å². The molecule has 6 heteroatoms. The molecule has 0 saturated carbocycles. The molecule has 2 N–H and O–H groups in total. The van der Waals surface area contributed by atoms with Crippen LogP contribution in [0.2, 0.25) is 0 Å². The first-order chi connectivity index (χ1) is 9.53. The van der Waals surface area contributed by atoms with Gasteiger partial charge < -0.3 is 5.32 Å². The molecule has 0 aliphatic heterocycles. The van der Waals surface area contributed by atoms with E-state index in [1.807, 2.05) is 12.1 Å². The Hall–Kier alpha value is -1.37. The largest absolute Gasteiger partial charge is 0.316 e. The van der Waals surface area contributed by atoms with E-state index >= 15 is 0 Å². The molecule has 2 aromatic carbocycles. The minimum absolute atomic E-state index is 0.286. The Kier molecular flexibility index (Phi) is 4.80. The maximum atomic E-state index is 12.5. The fourth-order valence-electron chi connectivity index (χ4n) is 1.86. The summed E-state index contributed by atoms with van der Waals surface area (Å²) in [5, 5.41) is 2.97. The molecule has 0 saturated heterocycles. The molecule has 4 nitrogen and oxygen atoms in total. The average Bonchev–Trinajstić information content (AvgIpc) is 2.39. The van der Waals surface area contributed by atoms with Crippen molar-refractivity contribution < 1.29 is 8.42 Å². The normalized spacial score (nSPS) is 11.3. The number of nitrogens with one attached hydrogen (secondary N) is 2. The SMILES string of the molecule is CNCc1ccccc1S(=O)(=O)Nc1cccc(Br)c1. The fraction of sp³-hybridized carbons (Fsp3) is 0.143. The van der Waals surface area contributed by atoms with Crippen molar-refractivity contribution in [3.63, 3.8) is 0 Å². The van der Waals surface area contributed by atoms with Gasteiger partial charge in [0.2, 0.25) is 0 Å². The predicted molar refractivity (Wildman–Crippen MR) is 84.2 cm³/mol. The molecule has 20 heavy (non-hydrogen) atoms. The Bertz CT molecular complexity index is 702. The maximum Gasteiger partial charge on any atom is 0.262 e. The first-order valence-electron chi connectivity index (χ1n) is 6.04. The lowest BCUT2D eigenvalue weighted by molar-refractivity contribution is 0.599. The second-order valence-electron chi connectivity index (χ2n) is 4.25. The minimum atomic E-state index is -3.59. The molecule has 0 atom stereocenters. The summed E-state index contributed by atoms with van der Waals surface area (Å²) in [7, 11) is -1.81. The van der Waals surface area contributed by atoms with Gasteiger partial charge in [-0.3, -0.25) is 4.72 Å². The molecular formula is C14H15BrN2O2S. The average molecular weight is 355 g/mol. The van der Waals surface area contributed by atoms with Gasteiger partial charge in [0.15, 0.2) is 0 Å². The van der Waals surface area contributed by atoms with Crippen LogP contribution in [0.15, 0.2) is 57.9 Å². The fourth-order valence-corrected chi connectivity index (χ4v) is 3.55. The lowest BCUT2D eigenvalue weighted by Gasteiger charge is -2.12. The summed E-state index contributed by atoms with van der Waals surface area (Å²) in [6, 6.07) is 14.0. The summed E-state index contributed by atoms with van der Waals surface area (Å²) in [6.07, 6.45) is 0. The van der Waals surface area contributed by atoms with Gasteiger partial charge in [0.25, 0.3) is 10.0 Å². The number of rotatable bonds is 5. The highest BCUT2D eigenvalue weighted by molar-refractivity contribution is 9.10. The van der Waals surface area contributed by atoms with Crippen molar-refractivity contribution in [2.45, 2.75) is 11.4 Å². The van der Waals surface area contributed by atoms with Crippen LogP contribution in [0, 0.1) is 0 Å². The van der Waals surface area contributed by atoms with Crippen LogP contribution in [0.5, 0.6) is 0 Å². The summed E-state index contributed by atoms with van der Waals surface area (Å²) in [5.74, 6) is 0. The third-order valence-electron chi connectivity index (χ3n) is 2.71. The minimum Gasteiger partial charge on any atom is -0.316 e. The van der Waals surface area contributed by atoms with E-state index in [2.05, 4.69) is 26.0 Å². The van der Waals surface area contributed by atoms with Crippen LogP contribution < -0.4 is 10.0 Å². The second kappa shape index (κ2) is 6.39. The van der Waals surface area contributed by atoms with Crippen molar-refractivity contribution in [1.82, 2.24) is 5.32 Å². The van der Waals surface area contributed by atoms with E-state index in [0.29, 0.717) is 12.2 Å². The Labute approximate surface area is 127 Å². The zero-order chi connectivity index (χ0) is 14.6. The Morgan fingerprint density at radius 1 is 1.10 bits per heavy atom. The molecule has 0 aromatic heterocycles. The van der Waals surface area contributed by atoms with E-state index in [9.17, 15) is 8.42 Å². The summed E-state index contributed by atoms with van der Waals surface area (Å²) in [5.41, 5.74) is 1.26. The van der Waals surface area contributed by atoms with Gasteiger partial charge >= 0.3 is 0 Å². The first kappa shape index (κ1) is 15.0. The van der Waals surface area contributed by atoms with Crippen molar-refractivity contribution in [2.75, 3.05) is 11.8 Å². The smallest absolute Gasteiger partial charge is 0.262 e. The second-order valence-corrected chi connectivity index (χ2v) is 6.82. The van der Waals surface area contributed by atoms with Gasteiger partial charge in [0.1, 0.15) is 0 Å². The van der Waals surface area contributed by atoms with Gasteiger partial charge in [-0.05, 0) is 36.9 Å². The maximum absolute atomic E-state index is 12.5. The van der Waals surface area contributed by atoms with Crippen LogP contribution >= 0.6 is 15.9 Å². The van der Waals surface area contributed by atoms with E-state index in [-0.39, 0.29) is 4.90 Å². The van der Waals surface area contributed by atoms with Gasteiger partial charge in [-0.15, -0.1) is 0 Å². The van der Waals surface area contributed by atoms with Gasteiger partial charge in [-0.1, -0.05) is 40.2 Å². The van der Waals surface area contributed by atoms with Gasteiger partial charge in [0, 0.05) is 16.7 Å². The van der Waals surface area contributed by atoms with Crippen LogP contribution in [-0.2, 0) is 16.6 Å². The van der Waals surface area contributed by atoms with Crippen LogP contribution in [0.3, 0.4) is 0 Å². The summed E-state index contributed by atoms with van der Waals surface area (Å²) < 4.78 is 28.3. The van der Waals surface area contributed by atoms with E-state index in [1.54, 1.807) is 43.4 Å². The van der Waals surface area contributed by atoms with Gasteiger partial charge in [0.05, 0.1) is 4.90 Å². The summed E-state index contributed by atoms with van der Waals surface area (Å²) in [4.78, 5) is 0.286. The van der Waals surface area contributed by atoms with Crippen molar-refractivity contribution in [2.24, 2.45) is 0 Å². The highest BCUT2D eigenvalue weighted by Crippen LogP contribution is 2.21. The number of halogens is 1. The Morgan fingerprint density at radius 2 is 1.85 bits per heavy atom. The molecular weight excluding hydrogens is 340 g/mol. The molecule has 0 bridgehead atoms. The number of sulfonamides is 1. The van der Waals surface area contributed by atoms with Crippen molar-refractivity contribution in [3.05, 3.63) is 58.6 Å². The van der Waals surface area contributed by atoms with E-state index in [1.165, 1.54) is 0 Å². The molecule has 0 fully saturated rings. The molecule has 0 aliphatic carbocycles. The molecule has 106 valence electrons. The summed E-state index contributed by atoms with van der Waals surface area (Å²) in [6.45, 7) is 0.496. The van der Waals surface area contributed by atoms with E-state index < -0.39 is 10.0 Å². The monoisotopic (exact) mass is 354 g/mol. The predicted octanol–water partition coefficient (Wildman–Crippen LogP) is 2.97. The number of benzene rings is 2. The highest BCUT2D eigenvalue weighted by Gasteiger charge is 2.17. The van der Waals surface area contributed by atoms with Crippen LogP contribution in [0.1, 0.15) is 5.56 Å². The van der Waals surface area contributed by atoms with Gasteiger partial charge in [-0.25, -0.2) is 8.42 Å². The molecule has 0 spiro atoms. The Morgan fingerprint density at radius 3 is 2.55 bits per heavy atom. The van der Waals surface area contributed by atoms with Crippen molar-refractivity contribution in [3.8, 4) is 0 Å². The van der Waals surface area contributed by atoms with Crippen molar-refractivity contribution in [1.29, 1.82) is 0 Å². The topological polar surface area (TPSA) is 58.2 Å². The van der Waals surface area contributed by atoms with Gasteiger partial charge in [-0.2, -0.15) is 0 Å². The number of hydrogen-bond donors (Lipinski definition) is 2.